The minimum Gasteiger partial charge on any atom is -0.507 e. The van der Waals surface area contributed by atoms with Gasteiger partial charge in [-0.15, -0.1) is 0 Å². The van der Waals surface area contributed by atoms with Crippen LogP contribution in [0, 0.1) is 0 Å². The van der Waals surface area contributed by atoms with Crippen LogP contribution in [0.1, 0.15) is 65.2 Å². The summed E-state index contributed by atoms with van der Waals surface area (Å²) in [6.07, 6.45) is 0.423. The molecule has 19 heavy (non-hydrogen) atoms. The summed E-state index contributed by atoms with van der Waals surface area (Å²) in [4.78, 5) is 11.4. The standard InChI is InChI=1S/C17H26O2/c1-11(18)8-12-9-13(16(2,3)4)15(19)14(10-12)17(5,6)7/h9-10,19H,8H2,1-7H3. The van der Waals surface area contributed by atoms with Crippen LogP contribution in [0.4, 0.5) is 0 Å². The monoisotopic (exact) mass is 262 g/mol. The fraction of sp³-hybridized carbons (Fsp3) is 0.588. The van der Waals surface area contributed by atoms with Gasteiger partial charge in [-0.25, -0.2) is 0 Å². The number of hydrogen-bond donors (Lipinski definition) is 1. The van der Waals surface area contributed by atoms with Gasteiger partial charge in [0.25, 0.3) is 0 Å². The first-order valence-corrected chi connectivity index (χ1v) is 6.79. The van der Waals surface area contributed by atoms with E-state index in [9.17, 15) is 9.90 Å². The Balaban J connectivity index is 3.52. The molecule has 1 N–H and O–H groups in total. The zero-order valence-electron chi connectivity index (χ0n) is 13.2. The molecule has 0 saturated heterocycles. The number of carbonyl (C=O) groups excluding carboxylic acids is 1. The molecule has 0 unspecified atom stereocenters. The smallest absolute Gasteiger partial charge is 0.134 e. The minimum absolute atomic E-state index is 0.142. The Bertz CT molecular complexity index is 450. The maximum Gasteiger partial charge on any atom is 0.134 e. The Hall–Kier alpha value is -1.31. The van der Waals surface area contributed by atoms with Crippen LogP contribution in [0.5, 0.6) is 5.75 Å². The molecular weight excluding hydrogens is 236 g/mol. The highest BCUT2D eigenvalue weighted by atomic mass is 16.3. The molecular formula is C17H26O2. The van der Waals surface area contributed by atoms with Crippen LogP contribution in [-0.4, -0.2) is 10.9 Å². The number of hydrogen-bond acceptors (Lipinski definition) is 2. The zero-order chi connectivity index (χ0) is 15.0. The Morgan fingerprint density at radius 1 is 1.00 bits per heavy atom. The topological polar surface area (TPSA) is 37.3 Å². The normalized spacial score (nSPS) is 12.6. The summed E-state index contributed by atoms with van der Waals surface area (Å²) in [7, 11) is 0. The van der Waals surface area contributed by atoms with Crippen molar-refractivity contribution >= 4 is 5.78 Å². The number of phenols is 1. The molecule has 2 heteroatoms. The SMILES string of the molecule is CC(=O)Cc1cc(C(C)(C)C)c(O)c(C(C)(C)C)c1. The first-order chi connectivity index (χ1) is 8.43. The number of benzene rings is 1. The Morgan fingerprint density at radius 3 is 1.63 bits per heavy atom. The highest BCUT2D eigenvalue weighted by Crippen LogP contribution is 2.39. The molecule has 0 amide bonds. The molecule has 106 valence electrons. The van der Waals surface area contributed by atoms with Crippen molar-refractivity contribution in [2.45, 2.75) is 65.7 Å². The maximum absolute atomic E-state index is 11.4. The highest BCUT2D eigenvalue weighted by molar-refractivity contribution is 5.78. The minimum atomic E-state index is -0.142. The van der Waals surface area contributed by atoms with Gasteiger partial charge < -0.3 is 5.11 Å². The number of ketones is 1. The fourth-order valence-electron chi connectivity index (χ4n) is 2.23. The fourth-order valence-corrected chi connectivity index (χ4v) is 2.23. The van der Waals surface area contributed by atoms with Crippen LogP contribution in [0.2, 0.25) is 0 Å². The van der Waals surface area contributed by atoms with E-state index in [-0.39, 0.29) is 16.6 Å². The molecule has 0 aliphatic heterocycles. The van der Waals surface area contributed by atoms with E-state index in [1.54, 1.807) is 6.92 Å². The third-order valence-corrected chi connectivity index (χ3v) is 3.24. The van der Waals surface area contributed by atoms with Crippen LogP contribution in [0.3, 0.4) is 0 Å². The van der Waals surface area contributed by atoms with Crippen LogP contribution in [-0.2, 0) is 22.0 Å². The van der Waals surface area contributed by atoms with Crippen LogP contribution >= 0.6 is 0 Å². The lowest BCUT2D eigenvalue weighted by molar-refractivity contribution is -0.116. The maximum atomic E-state index is 11.4. The number of rotatable bonds is 2. The third-order valence-electron chi connectivity index (χ3n) is 3.24. The van der Waals surface area contributed by atoms with E-state index < -0.39 is 0 Å². The molecule has 1 aromatic rings. The Kier molecular flexibility index (Phi) is 4.14. The third kappa shape index (κ3) is 3.82. The molecule has 0 spiro atoms. The molecule has 1 aromatic carbocycles. The van der Waals surface area contributed by atoms with Gasteiger partial charge in [-0.1, -0.05) is 53.7 Å². The number of carbonyl (C=O) groups is 1. The van der Waals surface area contributed by atoms with Crippen LogP contribution in [0.25, 0.3) is 0 Å². The van der Waals surface area contributed by atoms with Gasteiger partial charge in [0, 0.05) is 6.42 Å². The van der Waals surface area contributed by atoms with E-state index in [1.807, 2.05) is 12.1 Å². The van der Waals surface area contributed by atoms with Crippen molar-refractivity contribution in [3.05, 3.63) is 28.8 Å². The molecule has 0 atom stereocenters. The second-order valence-corrected chi connectivity index (χ2v) is 7.42. The molecule has 0 aromatic heterocycles. The second-order valence-electron chi connectivity index (χ2n) is 7.42. The van der Waals surface area contributed by atoms with E-state index in [2.05, 4.69) is 41.5 Å². The molecule has 0 heterocycles. The lowest BCUT2D eigenvalue weighted by atomic mass is 9.78. The number of Topliss-reactive ketones (excluding diaryl/α,β-unsaturated/α-hetero) is 1. The largest absolute Gasteiger partial charge is 0.507 e. The van der Waals surface area contributed by atoms with E-state index in [0.717, 1.165) is 16.7 Å². The van der Waals surface area contributed by atoms with Gasteiger partial charge in [-0.05, 0) is 34.4 Å². The average Bonchev–Trinajstić information content (AvgIpc) is 2.16. The van der Waals surface area contributed by atoms with Gasteiger partial charge in [0.05, 0.1) is 0 Å². The lowest BCUT2D eigenvalue weighted by Gasteiger charge is -2.28. The van der Waals surface area contributed by atoms with E-state index in [1.165, 1.54) is 0 Å². The summed E-state index contributed by atoms with van der Waals surface area (Å²) < 4.78 is 0. The molecule has 0 radical (unpaired) electrons. The summed E-state index contributed by atoms with van der Waals surface area (Å²) in [5, 5.41) is 10.5. The summed E-state index contributed by atoms with van der Waals surface area (Å²) in [5.74, 6) is 0.512. The quantitative estimate of drug-likeness (QED) is 0.870. The summed E-state index contributed by atoms with van der Waals surface area (Å²) in [6.45, 7) is 14.1. The Labute approximate surface area is 116 Å². The van der Waals surface area contributed by atoms with Gasteiger partial charge in [0.2, 0.25) is 0 Å². The number of aromatic hydroxyl groups is 1. The van der Waals surface area contributed by atoms with Crippen LogP contribution < -0.4 is 0 Å². The van der Waals surface area contributed by atoms with Crippen molar-refractivity contribution in [1.82, 2.24) is 0 Å². The molecule has 0 aliphatic rings. The highest BCUT2D eigenvalue weighted by Gasteiger charge is 2.26. The van der Waals surface area contributed by atoms with Crippen molar-refractivity contribution < 1.29 is 9.90 Å². The molecule has 0 bridgehead atoms. The van der Waals surface area contributed by atoms with Crippen LogP contribution in [0.15, 0.2) is 12.1 Å². The first kappa shape index (κ1) is 15.7. The molecule has 0 fully saturated rings. The van der Waals surface area contributed by atoms with Gasteiger partial charge >= 0.3 is 0 Å². The van der Waals surface area contributed by atoms with E-state index in [0.29, 0.717) is 12.2 Å². The average molecular weight is 262 g/mol. The molecule has 0 saturated carbocycles. The summed E-state index contributed by atoms with van der Waals surface area (Å²) in [5.41, 5.74) is 2.53. The Morgan fingerprint density at radius 2 is 1.37 bits per heavy atom. The predicted molar refractivity (Wildman–Crippen MR) is 79.9 cm³/mol. The molecule has 2 nitrogen and oxygen atoms in total. The summed E-state index contributed by atoms with van der Waals surface area (Å²) >= 11 is 0. The number of phenolic OH excluding ortho intramolecular Hbond substituents is 1. The van der Waals surface area contributed by atoms with Crippen molar-refractivity contribution in [3.8, 4) is 5.75 Å². The van der Waals surface area contributed by atoms with Gasteiger partial charge in [0.15, 0.2) is 0 Å². The first-order valence-electron chi connectivity index (χ1n) is 6.79. The van der Waals surface area contributed by atoms with Crippen molar-refractivity contribution in [3.63, 3.8) is 0 Å². The lowest BCUT2D eigenvalue weighted by Crippen LogP contribution is -2.18. The van der Waals surface area contributed by atoms with Crippen molar-refractivity contribution in [2.24, 2.45) is 0 Å². The van der Waals surface area contributed by atoms with Crippen molar-refractivity contribution in [2.75, 3.05) is 0 Å². The van der Waals surface area contributed by atoms with Gasteiger partial charge in [0.1, 0.15) is 11.5 Å². The summed E-state index contributed by atoms with van der Waals surface area (Å²) in [6, 6.07) is 3.93. The van der Waals surface area contributed by atoms with Gasteiger partial charge in [-0.3, -0.25) is 4.79 Å². The predicted octanol–water partition coefficient (Wildman–Crippen LogP) is 4.12. The molecule has 0 aliphatic carbocycles. The van der Waals surface area contributed by atoms with E-state index >= 15 is 0 Å². The second kappa shape index (κ2) is 4.99. The van der Waals surface area contributed by atoms with Gasteiger partial charge in [-0.2, -0.15) is 0 Å². The van der Waals surface area contributed by atoms with Crippen molar-refractivity contribution in [1.29, 1.82) is 0 Å². The zero-order valence-corrected chi connectivity index (χ0v) is 13.2. The molecule has 1 rings (SSSR count). The van der Waals surface area contributed by atoms with E-state index in [4.69, 9.17) is 0 Å².